The highest BCUT2D eigenvalue weighted by Crippen LogP contribution is 2.30. The SMILES string of the molecule is C=C(c1ccc(N(CC)CC)cc1C)c1ccccc1C(=O)CCCCCCC. The van der Waals surface area contributed by atoms with Gasteiger partial charge in [0.1, 0.15) is 0 Å². The molecule has 0 radical (unpaired) electrons. The van der Waals surface area contributed by atoms with Gasteiger partial charge in [-0.25, -0.2) is 0 Å². The molecule has 0 aliphatic rings. The standard InChI is InChI=1S/C27H37NO/c1-6-9-10-11-12-17-27(29)26-16-14-13-15-25(26)22(5)24-19-18-23(20-21(24)4)28(7-2)8-3/h13-16,18-20H,5-12,17H2,1-4H3. The van der Waals surface area contributed by atoms with Crippen LogP contribution in [0.3, 0.4) is 0 Å². The predicted molar refractivity (Wildman–Crippen MR) is 127 cm³/mol. The molecule has 29 heavy (non-hydrogen) atoms. The molecule has 0 aromatic heterocycles. The number of aryl methyl sites for hydroxylation is 1. The summed E-state index contributed by atoms with van der Waals surface area (Å²) in [5, 5.41) is 0. The summed E-state index contributed by atoms with van der Waals surface area (Å²) >= 11 is 0. The summed E-state index contributed by atoms with van der Waals surface area (Å²) in [6, 6.07) is 14.5. The molecule has 0 saturated carbocycles. The fourth-order valence-corrected chi connectivity index (χ4v) is 3.93. The van der Waals surface area contributed by atoms with Crippen molar-refractivity contribution in [3.63, 3.8) is 0 Å². The van der Waals surface area contributed by atoms with Crippen LogP contribution in [0.5, 0.6) is 0 Å². The lowest BCUT2D eigenvalue weighted by atomic mass is 9.90. The van der Waals surface area contributed by atoms with Crippen LogP contribution in [0, 0.1) is 6.92 Å². The van der Waals surface area contributed by atoms with Crippen LogP contribution in [0.25, 0.3) is 5.57 Å². The van der Waals surface area contributed by atoms with E-state index in [9.17, 15) is 4.79 Å². The van der Waals surface area contributed by atoms with E-state index in [1.54, 1.807) is 0 Å². The van der Waals surface area contributed by atoms with E-state index in [4.69, 9.17) is 0 Å². The van der Waals surface area contributed by atoms with Crippen LogP contribution in [0.1, 0.15) is 86.3 Å². The normalized spacial score (nSPS) is 10.8. The quantitative estimate of drug-likeness (QED) is 0.277. The van der Waals surface area contributed by atoms with E-state index in [0.717, 1.165) is 48.2 Å². The maximum atomic E-state index is 12.9. The van der Waals surface area contributed by atoms with Gasteiger partial charge in [0.25, 0.3) is 0 Å². The van der Waals surface area contributed by atoms with Crippen molar-refractivity contribution >= 4 is 17.0 Å². The number of hydrogen-bond acceptors (Lipinski definition) is 2. The zero-order valence-electron chi connectivity index (χ0n) is 18.8. The van der Waals surface area contributed by atoms with Gasteiger partial charge in [-0.05, 0) is 61.6 Å². The molecule has 0 N–H and O–H groups in total. The maximum absolute atomic E-state index is 12.9. The molecule has 0 amide bonds. The molecule has 2 aromatic rings. The predicted octanol–water partition coefficient (Wildman–Crippen LogP) is 7.45. The van der Waals surface area contributed by atoms with E-state index in [0.29, 0.717) is 6.42 Å². The lowest BCUT2D eigenvalue weighted by Gasteiger charge is -2.23. The summed E-state index contributed by atoms with van der Waals surface area (Å²) < 4.78 is 0. The Kier molecular flexibility index (Phi) is 9.18. The Bertz CT molecular complexity index is 817. The van der Waals surface area contributed by atoms with Crippen molar-refractivity contribution in [2.45, 2.75) is 66.2 Å². The molecule has 0 spiro atoms. The molecule has 0 unspecified atom stereocenters. The van der Waals surface area contributed by atoms with Gasteiger partial charge >= 0.3 is 0 Å². The second-order valence-electron chi connectivity index (χ2n) is 7.78. The minimum absolute atomic E-state index is 0.232. The Morgan fingerprint density at radius 3 is 2.14 bits per heavy atom. The molecule has 0 fully saturated rings. The van der Waals surface area contributed by atoms with E-state index in [1.807, 2.05) is 24.3 Å². The first-order valence-electron chi connectivity index (χ1n) is 11.2. The third-order valence-corrected chi connectivity index (χ3v) is 5.72. The number of nitrogens with zero attached hydrogens (tertiary/aromatic N) is 1. The van der Waals surface area contributed by atoms with Crippen molar-refractivity contribution in [2.75, 3.05) is 18.0 Å². The minimum atomic E-state index is 0.232. The van der Waals surface area contributed by atoms with Crippen molar-refractivity contribution in [1.82, 2.24) is 0 Å². The third-order valence-electron chi connectivity index (χ3n) is 5.72. The molecule has 156 valence electrons. The average Bonchev–Trinajstić information content (AvgIpc) is 2.74. The van der Waals surface area contributed by atoms with E-state index in [2.05, 4.69) is 57.4 Å². The number of Topliss-reactive ketones (excluding diaryl/α,β-unsaturated/α-hetero) is 1. The number of ketones is 1. The number of rotatable bonds is 12. The summed E-state index contributed by atoms with van der Waals surface area (Å²) in [7, 11) is 0. The lowest BCUT2D eigenvalue weighted by molar-refractivity contribution is 0.0979. The highest BCUT2D eigenvalue weighted by atomic mass is 16.1. The van der Waals surface area contributed by atoms with Gasteiger partial charge in [0, 0.05) is 30.8 Å². The fourth-order valence-electron chi connectivity index (χ4n) is 3.93. The molecule has 0 heterocycles. The number of unbranched alkanes of at least 4 members (excludes halogenated alkanes) is 4. The van der Waals surface area contributed by atoms with Gasteiger partial charge in [0.05, 0.1) is 0 Å². The van der Waals surface area contributed by atoms with E-state index in [1.165, 1.54) is 30.5 Å². The van der Waals surface area contributed by atoms with Crippen LogP contribution < -0.4 is 4.90 Å². The van der Waals surface area contributed by atoms with Crippen LogP contribution in [0.15, 0.2) is 49.0 Å². The summed E-state index contributed by atoms with van der Waals surface area (Å²) in [5.74, 6) is 0.232. The van der Waals surface area contributed by atoms with Gasteiger partial charge in [0.15, 0.2) is 5.78 Å². The molecule has 2 heteroatoms. The summed E-state index contributed by atoms with van der Waals surface area (Å²) in [5.41, 5.74) is 6.25. The molecule has 0 atom stereocenters. The van der Waals surface area contributed by atoms with Crippen LogP contribution in [0.4, 0.5) is 5.69 Å². The Labute approximate surface area is 177 Å². The largest absolute Gasteiger partial charge is 0.372 e. The molecule has 0 aliphatic heterocycles. The number of benzene rings is 2. The first-order valence-corrected chi connectivity index (χ1v) is 11.2. The van der Waals surface area contributed by atoms with Crippen LogP contribution in [-0.2, 0) is 0 Å². The second-order valence-corrected chi connectivity index (χ2v) is 7.78. The Morgan fingerprint density at radius 2 is 1.52 bits per heavy atom. The summed E-state index contributed by atoms with van der Waals surface area (Å²) in [6.45, 7) is 15.0. The van der Waals surface area contributed by atoms with Crippen molar-refractivity contribution in [1.29, 1.82) is 0 Å². The summed E-state index contributed by atoms with van der Waals surface area (Å²) in [6.07, 6.45) is 6.42. The zero-order valence-corrected chi connectivity index (χ0v) is 18.8. The number of carbonyl (C=O) groups excluding carboxylic acids is 1. The first-order chi connectivity index (χ1) is 14.0. The van der Waals surface area contributed by atoms with Crippen molar-refractivity contribution < 1.29 is 4.79 Å². The van der Waals surface area contributed by atoms with Crippen molar-refractivity contribution in [3.05, 3.63) is 71.3 Å². The minimum Gasteiger partial charge on any atom is -0.372 e. The first kappa shape index (κ1) is 22.9. The van der Waals surface area contributed by atoms with Gasteiger partial charge in [-0.3, -0.25) is 4.79 Å². The van der Waals surface area contributed by atoms with Crippen molar-refractivity contribution in [3.8, 4) is 0 Å². The van der Waals surface area contributed by atoms with E-state index in [-0.39, 0.29) is 5.78 Å². The van der Waals surface area contributed by atoms with Gasteiger partial charge < -0.3 is 4.90 Å². The van der Waals surface area contributed by atoms with Crippen LogP contribution in [-0.4, -0.2) is 18.9 Å². The third kappa shape index (κ3) is 6.06. The highest BCUT2D eigenvalue weighted by Gasteiger charge is 2.15. The number of anilines is 1. The maximum Gasteiger partial charge on any atom is 0.163 e. The lowest BCUT2D eigenvalue weighted by Crippen LogP contribution is -2.21. The Balaban J connectivity index is 2.20. The smallest absolute Gasteiger partial charge is 0.163 e. The molecule has 0 bridgehead atoms. The van der Waals surface area contributed by atoms with Gasteiger partial charge in [-0.2, -0.15) is 0 Å². The summed E-state index contributed by atoms with van der Waals surface area (Å²) in [4.78, 5) is 15.2. The van der Waals surface area contributed by atoms with E-state index >= 15 is 0 Å². The molecular weight excluding hydrogens is 354 g/mol. The molecule has 0 saturated heterocycles. The van der Waals surface area contributed by atoms with Crippen molar-refractivity contribution in [2.24, 2.45) is 0 Å². The molecule has 2 aromatic carbocycles. The fraction of sp³-hybridized carbons (Fsp3) is 0.444. The number of carbonyl (C=O) groups is 1. The molecular formula is C27H37NO. The Morgan fingerprint density at radius 1 is 0.862 bits per heavy atom. The van der Waals surface area contributed by atoms with Gasteiger partial charge in [-0.15, -0.1) is 0 Å². The average molecular weight is 392 g/mol. The molecule has 2 rings (SSSR count). The molecule has 2 nitrogen and oxygen atoms in total. The van der Waals surface area contributed by atoms with Gasteiger partial charge in [0.2, 0.25) is 0 Å². The van der Waals surface area contributed by atoms with Crippen LogP contribution in [0.2, 0.25) is 0 Å². The van der Waals surface area contributed by atoms with Gasteiger partial charge in [-0.1, -0.05) is 69.5 Å². The Hall–Kier alpha value is -2.35. The monoisotopic (exact) mass is 391 g/mol. The highest BCUT2D eigenvalue weighted by molar-refractivity contribution is 6.02. The van der Waals surface area contributed by atoms with E-state index < -0.39 is 0 Å². The topological polar surface area (TPSA) is 20.3 Å². The zero-order chi connectivity index (χ0) is 21.2. The molecule has 0 aliphatic carbocycles. The number of hydrogen-bond donors (Lipinski definition) is 0. The van der Waals surface area contributed by atoms with Crippen LogP contribution >= 0.6 is 0 Å². The second kappa shape index (κ2) is 11.6.